The molecule has 0 aliphatic carbocycles. The Kier molecular flexibility index (Phi) is 4.18. The SMILES string of the molecule is N=C(N)CCNC(=O)NC1CCOC1. The first-order chi connectivity index (χ1) is 6.68. The van der Waals surface area contributed by atoms with E-state index in [2.05, 4.69) is 10.6 Å². The summed E-state index contributed by atoms with van der Waals surface area (Å²) >= 11 is 0. The number of nitrogens with two attached hydrogens (primary N) is 1. The van der Waals surface area contributed by atoms with Crippen LogP contribution in [0.1, 0.15) is 12.8 Å². The van der Waals surface area contributed by atoms with Gasteiger partial charge in [-0.15, -0.1) is 0 Å². The van der Waals surface area contributed by atoms with E-state index in [0.29, 0.717) is 26.2 Å². The van der Waals surface area contributed by atoms with Crippen molar-refractivity contribution in [2.75, 3.05) is 19.8 Å². The Morgan fingerprint density at radius 2 is 2.43 bits per heavy atom. The third-order valence-corrected chi connectivity index (χ3v) is 1.94. The second kappa shape index (κ2) is 5.43. The molecule has 1 aliphatic heterocycles. The number of carbonyl (C=O) groups excluding carboxylic acids is 1. The molecule has 2 amide bonds. The van der Waals surface area contributed by atoms with E-state index in [1.165, 1.54) is 0 Å². The number of urea groups is 1. The maximum atomic E-state index is 11.2. The summed E-state index contributed by atoms with van der Waals surface area (Å²) in [6.45, 7) is 1.69. The maximum absolute atomic E-state index is 11.2. The zero-order valence-electron chi connectivity index (χ0n) is 8.01. The van der Waals surface area contributed by atoms with E-state index in [9.17, 15) is 4.79 Å². The number of rotatable bonds is 4. The molecule has 1 unspecified atom stereocenters. The van der Waals surface area contributed by atoms with E-state index in [4.69, 9.17) is 15.9 Å². The highest BCUT2D eigenvalue weighted by atomic mass is 16.5. The summed E-state index contributed by atoms with van der Waals surface area (Å²) in [6, 6.07) is -0.103. The zero-order valence-corrected chi connectivity index (χ0v) is 8.01. The van der Waals surface area contributed by atoms with Gasteiger partial charge in [0.25, 0.3) is 0 Å². The highest BCUT2D eigenvalue weighted by Gasteiger charge is 2.17. The largest absolute Gasteiger partial charge is 0.388 e. The van der Waals surface area contributed by atoms with Gasteiger partial charge in [0.2, 0.25) is 0 Å². The number of nitrogens with one attached hydrogen (secondary N) is 3. The van der Waals surface area contributed by atoms with Crippen LogP contribution in [-0.4, -0.2) is 37.7 Å². The smallest absolute Gasteiger partial charge is 0.315 e. The van der Waals surface area contributed by atoms with Crippen molar-refractivity contribution in [2.24, 2.45) is 5.73 Å². The highest BCUT2D eigenvalue weighted by Crippen LogP contribution is 2.02. The van der Waals surface area contributed by atoms with Crippen LogP contribution in [0.3, 0.4) is 0 Å². The number of amides is 2. The molecule has 14 heavy (non-hydrogen) atoms. The Morgan fingerprint density at radius 1 is 1.64 bits per heavy atom. The predicted molar refractivity (Wildman–Crippen MR) is 52.3 cm³/mol. The third kappa shape index (κ3) is 4.08. The van der Waals surface area contributed by atoms with Gasteiger partial charge in [-0.1, -0.05) is 0 Å². The van der Waals surface area contributed by atoms with Gasteiger partial charge < -0.3 is 21.1 Å². The number of amidine groups is 1. The number of hydrogen-bond acceptors (Lipinski definition) is 3. The first kappa shape index (κ1) is 10.8. The van der Waals surface area contributed by atoms with Crippen molar-refractivity contribution in [1.29, 1.82) is 5.41 Å². The fourth-order valence-electron chi connectivity index (χ4n) is 1.20. The molecule has 1 heterocycles. The summed E-state index contributed by atoms with van der Waals surface area (Å²) in [5.41, 5.74) is 5.13. The molecule has 6 heteroatoms. The lowest BCUT2D eigenvalue weighted by Gasteiger charge is -2.11. The molecular weight excluding hydrogens is 184 g/mol. The third-order valence-electron chi connectivity index (χ3n) is 1.94. The zero-order chi connectivity index (χ0) is 10.4. The van der Waals surface area contributed by atoms with Gasteiger partial charge in [0, 0.05) is 19.6 Å². The Morgan fingerprint density at radius 3 is 3.00 bits per heavy atom. The van der Waals surface area contributed by atoms with Gasteiger partial charge in [-0.25, -0.2) is 4.79 Å². The van der Waals surface area contributed by atoms with Gasteiger partial charge >= 0.3 is 6.03 Å². The molecule has 1 atom stereocenters. The lowest BCUT2D eigenvalue weighted by Crippen LogP contribution is -2.43. The van der Waals surface area contributed by atoms with Crippen molar-refractivity contribution in [3.8, 4) is 0 Å². The Hall–Kier alpha value is -1.30. The lowest BCUT2D eigenvalue weighted by atomic mass is 10.3. The standard InChI is InChI=1S/C8H16N4O2/c9-7(10)1-3-11-8(13)12-6-2-4-14-5-6/h6H,1-5H2,(H3,9,10)(H2,11,12,13). The summed E-state index contributed by atoms with van der Waals surface area (Å²) < 4.78 is 5.10. The van der Waals surface area contributed by atoms with Crippen molar-refractivity contribution < 1.29 is 9.53 Å². The first-order valence-corrected chi connectivity index (χ1v) is 4.63. The monoisotopic (exact) mass is 200 g/mol. The van der Waals surface area contributed by atoms with E-state index < -0.39 is 0 Å². The van der Waals surface area contributed by atoms with Gasteiger partial charge in [0.15, 0.2) is 0 Å². The number of ether oxygens (including phenoxy) is 1. The van der Waals surface area contributed by atoms with Crippen molar-refractivity contribution >= 4 is 11.9 Å². The first-order valence-electron chi connectivity index (χ1n) is 4.63. The van der Waals surface area contributed by atoms with E-state index in [0.717, 1.165) is 6.42 Å². The van der Waals surface area contributed by atoms with Crippen LogP contribution in [0.4, 0.5) is 4.79 Å². The fraction of sp³-hybridized carbons (Fsp3) is 0.750. The second-order valence-electron chi connectivity index (χ2n) is 3.24. The van der Waals surface area contributed by atoms with E-state index >= 15 is 0 Å². The van der Waals surface area contributed by atoms with Gasteiger partial charge in [0.05, 0.1) is 18.5 Å². The van der Waals surface area contributed by atoms with Gasteiger partial charge in [-0.2, -0.15) is 0 Å². The van der Waals surface area contributed by atoms with Crippen LogP contribution in [0, 0.1) is 5.41 Å². The summed E-state index contributed by atoms with van der Waals surface area (Å²) in [5, 5.41) is 12.3. The van der Waals surface area contributed by atoms with Crippen molar-refractivity contribution in [3.63, 3.8) is 0 Å². The van der Waals surface area contributed by atoms with Crippen molar-refractivity contribution in [1.82, 2.24) is 10.6 Å². The molecule has 0 saturated carbocycles. The molecule has 5 N–H and O–H groups in total. The second-order valence-corrected chi connectivity index (χ2v) is 3.24. The average molecular weight is 200 g/mol. The summed E-state index contributed by atoms with van der Waals surface area (Å²) in [6.07, 6.45) is 1.24. The van der Waals surface area contributed by atoms with Crippen LogP contribution in [0.25, 0.3) is 0 Å². The van der Waals surface area contributed by atoms with Crippen LogP contribution < -0.4 is 16.4 Å². The molecule has 1 saturated heterocycles. The average Bonchev–Trinajstić information content (AvgIpc) is 2.56. The molecule has 80 valence electrons. The Labute approximate surface area is 82.7 Å². The Bertz CT molecular complexity index is 213. The minimum atomic E-state index is -0.221. The Balaban J connectivity index is 2.06. The maximum Gasteiger partial charge on any atom is 0.315 e. The summed E-state index contributed by atoms with van der Waals surface area (Å²) in [7, 11) is 0. The quantitative estimate of drug-likeness (QED) is 0.360. The summed E-state index contributed by atoms with van der Waals surface area (Å²) in [4.78, 5) is 11.2. The highest BCUT2D eigenvalue weighted by molar-refractivity contribution is 5.78. The normalized spacial score (nSPS) is 20.4. The van der Waals surface area contributed by atoms with Gasteiger partial charge in [0.1, 0.15) is 0 Å². The lowest BCUT2D eigenvalue weighted by molar-refractivity contribution is 0.188. The van der Waals surface area contributed by atoms with Crippen molar-refractivity contribution in [2.45, 2.75) is 18.9 Å². The van der Waals surface area contributed by atoms with Crippen LogP contribution in [0.2, 0.25) is 0 Å². The molecule has 1 rings (SSSR count). The van der Waals surface area contributed by atoms with E-state index in [1.807, 2.05) is 0 Å². The molecule has 0 aromatic heterocycles. The molecule has 6 nitrogen and oxygen atoms in total. The fourth-order valence-corrected chi connectivity index (χ4v) is 1.20. The minimum Gasteiger partial charge on any atom is -0.388 e. The van der Waals surface area contributed by atoms with Crippen LogP contribution in [0.15, 0.2) is 0 Å². The van der Waals surface area contributed by atoms with Gasteiger partial charge in [-0.05, 0) is 6.42 Å². The molecule has 1 fully saturated rings. The van der Waals surface area contributed by atoms with Crippen molar-refractivity contribution in [3.05, 3.63) is 0 Å². The predicted octanol–water partition coefficient (Wildman–Crippen LogP) is -0.599. The molecule has 0 aromatic rings. The molecule has 0 aromatic carbocycles. The van der Waals surface area contributed by atoms with Crippen LogP contribution >= 0.6 is 0 Å². The molecule has 0 bridgehead atoms. The molecule has 0 spiro atoms. The van der Waals surface area contributed by atoms with Crippen LogP contribution in [0.5, 0.6) is 0 Å². The summed E-state index contributed by atoms with van der Waals surface area (Å²) in [5.74, 6) is 0.0782. The van der Waals surface area contributed by atoms with E-state index in [1.54, 1.807) is 0 Å². The number of carbonyl (C=O) groups is 1. The minimum absolute atomic E-state index is 0.0782. The van der Waals surface area contributed by atoms with Crippen LogP contribution in [-0.2, 0) is 4.74 Å². The molecular formula is C8H16N4O2. The topological polar surface area (TPSA) is 100 Å². The van der Waals surface area contributed by atoms with E-state index in [-0.39, 0.29) is 17.9 Å². The number of hydrogen-bond donors (Lipinski definition) is 4. The molecule has 1 aliphatic rings. The molecule has 0 radical (unpaired) electrons. The van der Waals surface area contributed by atoms with Gasteiger partial charge in [-0.3, -0.25) is 5.41 Å².